The van der Waals surface area contributed by atoms with Crippen LogP contribution in [0.1, 0.15) is 43.5 Å². The number of carbonyl (C=O) groups is 2. The van der Waals surface area contributed by atoms with Gasteiger partial charge in [0.05, 0.1) is 17.0 Å². The Labute approximate surface area is 171 Å². The molecule has 0 atom stereocenters. The number of hydrogen-bond acceptors (Lipinski definition) is 4. The molecule has 2 amide bonds. The number of fused-ring (bicyclic) bond motifs is 1. The number of halogens is 1. The summed E-state index contributed by atoms with van der Waals surface area (Å²) in [6, 6.07) is 8.26. The number of hydrazine groups is 1. The lowest BCUT2D eigenvalue weighted by atomic mass is 10.1. The molecule has 0 bridgehead atoms. The Morgan fingerprint density at radius 3 is 2.76 bits per heavy atom. The van der Waals surface area contributed by atoms with E-state index in [0.717, 1.165) is 19.3 Å². The second-order valence-electron chi connectivity index (χ2n) is 7.10. The van der Waals surface area contributed by atoms with E-state index in [1.54, 1.807) is 32.0 Å². The largest absolute Gasteiger partial charge is 0.279 e. The molecule has 0 aliphatic heterocycles. The molecule has 0 saturated heterocycles. The molecule has 2 aromatic heterocycles. The average molecular weight is 412 g/mol. The number of aryl methyl sites for hydroxylation is 3. The molecule has 1 aliphatic carbocycles. The van der Waals surface area contributed by atoms with Gasteiger partial charge in [-0.25, -0.2) is 9.07 Å². The first-order valence-corrected chi connectivity index (χ1v) is 10.3. The number of benzene rings is 1. The quantitative estimate of drug-likeness (QED) is 0.647. The Kier molecular flexibility index (Phi) is 5.19. The molecule has 2 N–H and O–H groups in total. The molecule has 0 radical (unpaired) electrons. The van der Waals surface area contributed by atoms with Crippen LogP contribution in [-0.2, 0) is 24.1 Å². The summed E-state index contributed by atoms with van der Waals surface area (Å²) >= 11 is 1.48. The SMILES string of the molecule is Cc1nn(-c2ccccc2F)c(C)c1CC(=O)NNC(=O)c1cc2c(s1)CCC2. The number of nitrogens with one attached hydrogen (secondary N) is 2. The predicted molar refractivity (Wildman–Crippen MR) is 109 cm³/mol. The zero-order chi connectivity index (χ0) is 20.5. The second-order valence-corrected chi connectivity index (χ2v) is 8.24. The number of carbonyl (C=O) groups excluding carboxylic acids is 2. The van der Waals surface area contributed by atoms with Crippen LogP contribution >= 0.6 is 11.3 Å². The van der Waals surface area contributed by atoms with Gasteiger partial charge in [0.25, 0.3) is 5.91 Å². The van der Waals surface area contributed by atoms with Crippen molar-refractivity contribution < 1.29 is 14.0 Å². The van der Waals surface area contributed by atoms with Gasteiger partial charge >= 0.3 is 0 Å². The highest BCUT2D eigenvalue weighted by atomic mass is 32.1. The fraction of sp³-hybridized carbons (Fsp3) is 0.286. The predicted octanol–water partition coefficient (Wildman–Crippen LogP) is 3.18. The Morgan fingerprint density at radius 1 is 1.21 bits per heavy atom. The maximum absolute atomic E-state index is 14.1. The fourth-order valence-corrected chi connectivity index (χ4v) is 4.77. The number of aromatic nitrogens is 2. The van der Waals surface area contributed by atoms with Crippen molar-refractivity contribution >= 4 is 23.2 Å². The topological polar surface area (TPSA) is 76.0 Å². The first-order chi connectivity index (χ1) is 13.9. The zero-order valence-electron chi connectivity index (χ0n) is 16.2. The Bertz CT molecular complexity index is 1080. The van der Waals surface area contributed by atoms with E-state index in [1.165, 1.54) is 32.5 Å². The van der Waals surface area contributed by atoms with Crippen molar-refractivity contribution in [2.45, 2.75) is 39.5 Å². The lowest BCUT2D eigenvalue weighted by molar-refractivity contribution is -0.121. The molecule has 0 fully saturated rings. The van der Waals surface area contributed by atoms with Crippen LogP contribution in [0.3, 0.4) is 0 Å². The molecule has 0 saturated carbocycles. The molecule has 2 heterocycles. The smallest absolute Gasteiger partial charge is 0.273 e. The molecule has 8 heteroatoms. The van der Waals surface area contributed by atoms with E-state index in [-0.39, 0.29) is 24.1 Å². The third-order valence-corrected chi connectivity index (χ3v) is 6.38. The molecule has 4 rings (SSSR count). The average Bonchev–Trinajstić information content (AvgIpc) is 3.37. The molecule has 150 valence electrons. The number of hydrogen-bond donors (Lipinski definition) is 2. The maximum atomic E-state index is 14.1. The van der Waals surface area contributed by atoms with E-state index in [2.05, 4.69) is 16.0 Å². The normalized spacial score (nSPS) is 12.7. The number of rotatable bonds is 4. The summed E-state index contributed by atoms with van der Waals surface area (Å²) in [4.78, 5) is 26.5. The number of nitrogens with zero attached hydrogens (tertiary/aromatic N) is 2. The van der Waals surface area contributed by atoms with E-state index in [4.69, 9.17) is 0 Å². The first-order valence-electron chi connectivity index (χ1n) is 9.45. The van der Waals surface area contributed by atoms with Crippen molar-refractivity contribution in [3.05, 3.63) is 68.4 Å². The minimum Gasteiger partial charge on any atom is -0.273 e. The molecule has 6 nitrogen and oxygen atoms in total. The van der Waals surface area contributed by atoms with Gasteiger partial charge in [0.15, 0.2) is 0 Å². The third-order valence-electron chi connectivity index (χ3n) is 5.14. The molecular weight excluding hydrogens is 391 g/mol. The van der Waals surface area contributed by atoms with Crippen molar-refractivity contribution in [1.82, 2.24) is 20.6 Å². The summed E-state index contributed by atoms with van der Waals surface area (Å²) in [6.45, 7) is 3.57. The van der Waals surface area contributed by atoms with Gasteiger partial charge in [-0.15, -0.1) is 11.3 Å². The third kappa shape index (κ3) is 3.80. The molecule has 0 unspecified atom stereocenters. The van der Waals surface area contributed by atoms with Gasteiger partial charge in [-0.1, -0.05) is 12.1 Å². The maximum Gasteiger partial charge on any atom is 0.279 e. The van der Waals surface area contributed by atoms with Crippen LogP contribution in [-0.4, -0.2) is 21.6 Å². The van der Waals surface area contributed by atoms with Crippen LogP contribution in [0.15, 0.2) is 30.3 Å². The van der Waals surface area contributed by atoms with Crippen molar-refractivity contribution in [3.63, 3.8) is 0 Å². The van der Waals surface area contributed by atoms with Crippen molar-refractivity contribution in [2.24, 2.45) is 0 Å². The van der Waals surface area contributed by atoms with Gasteiger partial charge in [-0.3, -0.25) is 20.4 Å². The van der Waals surface area contributed by atoms with Gasteiger partial charge in [0, 0.05) is 16.1 Å². The van der Waals surface area contributed by atoms with Crippen molar-refractivity contribution in [1.29, 1.82) is 0 Å². The summed E-state index contributed by atoms with van der Waals surface area (Å²) in [6.07, 6.45) is 3.20. The summed E-state index contributed by atoms with van der Waals surface area (Å²) in [5.74, 6) is -1.06. The van der Waals surface area contributed by atoms with Gasteiger partial charge < -0.3 is 0 Å². The summed E-state index contributed by atoms with van der Waals surface area (Å²) in [5, 5.41) is 4.38. The highest BCUT2D eigenvalue weighted by Crippen LogP contribution is 2.30. The molecule has 1 aromatic carbocycles. The van der Waals surface area contributed by atoms with E-state index in [1.807, 2.05) is 6.07 Å². The lowest BCUT2D eigenvalue weighted by Crippen LogP contribution is -2.42. The van der Waals surface area contributed by atoms with Gasteiger partial charge in [0.1, 0.15) is 11.5 Å². The van der Waals surface area contributed by atoms with E-state index in [9.17, 15) is 14.0 Å². The van der Waals surface area contributed by atoms with E-state index in [0.29, 0.717) is 27.5 Å². The Balaban J connectivity index is 1.42. The highest BCUT2D eigenvalue weighted by Gasteiger charge is 2.20. The van der Waals surface area contributed by atoms with E-state index < -0.39 is 0 Å². The molecule has 3 aromatic rings. The van der Waals surface area contributed by atoms with Crippen molar-refractivity contribution in [2.75, 3.05) is 0 Å². The summed E-state index contributed by atoms with van der Waals surface area (Å²) in [5.41, 5.74) is 8.54. The standard InChI is InChI=1S/C21H21FN4O2S/c1-12-15(13(2)26(25-12)17-8-4-3-7-16(17)22)11-20(27)23-24-21(28)19-10-14-6-5-9-18(14)29-19/h3-4,7-8,10H,5-6,9,11H2,1-2H3,(H,23,27)(H,24,28). The Hall–Kier alpha value is -3.00. The van der Waals surface area contributed by atoms with Crippen LogP contribution in [0.5, 0.6) is 0 Å². The first kappa shape index (κ1) is 19.3. The van der Waals surface area contributed by atoms with E-state index >= 15 is 0 Å². The minimum absolute atomic E-state index is 0.0351. The van der Waals surface area contributed by atoms with Gasteiger partial charge in [-0.05, 0) is 56.9 Å². The Morgan fingerprint density at radius 2 is 2.00 bits per heavy atom. The van der Waals surface area contributed by atoms with Crippen LogP contribution in [0.2, 0.25) is 0 Å². The molecule has 29 heavy (non-hydrogen) atoms. The summed E-state index contributed by atoms with van der Waals surface area (Å²) in [7, 11) is 0. The van der Waals surface area contributed by atoms with Crippen LogP contribution < -0.4 is 10.9 Å². The monoisotopic (exact) mass is 412 g/mol. The number of amides is 2. The highest BCUT2D eigenvalue weighted by molar-refractivity contribution is 7.14. The van der Waals surface area contributed by atoms with Crippen LogP contribution in [0.25, 0.3) is 5.69 Å². The molecule has 0 spiro atoms. The minimum atomic E-state index is -0.385. The number of thiophene rings is 1. The van der Waals surface area contributed by atoms with Crippen molar-refractivity contribution in [3.8, 4) is 5.69 Å². The van der Waals surface area contributed by atoms with Crippen LogP contribution in [0, 0.1) is 19.7 Å². The second kappa shape index (κ2) is 7.79. The lowest BCUT2D eigenvalue weighted by Gasteiger charge is -2.08. The fourth-order valence-electron chi connectivity index (χ4n) is 3.62. The molecular formula is C21H21FN4O2S. The van der Waals surface area contributed by atoms with Crippen LogP contribution in [0.4, 0.5) is 4.39 Å². The van der Waals surface area contributed by atoms with Gasteiger partial charge in [-0.2, -0.15) is 5.10 Å². The number of para-hydroxylation sites is 1. The van der Waals surface area contributed by atoms with Gasteiger partial charge in [0.2, 0.25) is 5.91 Å². The summed E-state index contributed by atoms with van der Waals surface area (Å²) < 4.78 is 15.6. The zero-order valence-corrected chi connectivity index (χ0v) is 17.0. The molecule has 1 aliphatic rings.